The third kappa shape index (κ3) is 2.75. The van der Waals surface area contributed by atoms with Crippen LogP contribution in [0.2, 0.25) is 10.0 Å². The van der Waals surface area contributed by atoms with E-state index in [-0.39, 0.29) is 5.91 Å². The lowest BCUT2D eigenvalue weighted by Crippen LogP contribution is -2.13. The number of anilines is 1. The second-order valence-corrected chi connectivity index (χ2v) is 4.06. The van der Waals surface area contributed by atoms with E-state index in [9.17, 15) is 4.79 Å². The van der Waals surface area contributed by atoms with E-state index in [1.807, 2.05) is 0 Å². The summed E-state index contributed by atoms with van der Waals surface area (Å²) in [6, 6.07) is 10.1. The van der Waals surface area contributed by atoms with Crippen LogP contribution in [0.5, 0.6) is 0 Å². The third-order valence-corrected chi connectivity index (χ3v) is 2.92. The van der Waals surface area contributed by atoms with Gasteiger partial charge in [-0.3, -0.25) is 9.78 Å². The highest BCUT2D eigenvalue weighted by atomic mass is 35.5. The minimum atomic E-state index is -0.324. The Bertz CT molecular complexity index is 543. The van der Waals surface area contributed by atoms with Gasteiger partial charge < -0.3 is 5.32 Å². The zero-order valence-electron chi connectivity index (χ0n) is 8.65. The Balaban J connectivity index is 2.22. The average molecular weight is 267 g/mol. The molecule has 2 aromatic rings. The normalized spacial score (nSPS) is 10.0. The van der Waals surface area contributed by atoms with Crippen LogP contribution in [0.25, 0.3) is 0 Å². The van der Waals surface area contributed by atoms with E-state index in [1.54, 1.807) is 42.6 Å². The van der Waals surface area contributed by atoms with Gasteiger partial charge in [0.15, 0.2) is 0 Å². The predicted molar refractivity (Wildman–Crippen MR) is 68.7 cm³/mol. The fourth-order valence-corrected chi connectivity index (χ4v) is 1.63. The van der Waals surface area contributed by atoms with E-state index < -0.39 is 0 Å². The molecule has 3 nitrogen and oxygen atoms in total. The number of aromatic nitrogens is 1. The molecule has 5 heteroatoms. The smallest absolute Gasteiger partial charge is 0.274 e. The molecule has 0 aliphatic rings. The Hall–Kier alpha value is -1.58. The number of halogens is 2. The van der Waals surface area contributed by atoms with Gasteiger partial charge >= 0.3 is 0 Å². The Kier molecular flexibility index (Phi) is 3.61. The molecule has 1 aromatic carbocycles. The molecule has 0 aliphatic carbocycles. The summed E-state index contributed by atoms with van der Waals surface area (Å²) in [6.07, 6.45) is 1.55. The summed E-state index contributed by atoms with van der Waals surface area (Å²) in [5.41, 5.74) is 0.790. The quantitative estimate of drug-likeness (QED) is 0.902. The molecule has 2 rings (SSSR count). The van der Waals surface area contributed by atoms with Crippen molar-refractivity contribution in [2.45, 2.75) is 0 Å². The van der Waals surface area contributed by atoms with Gasteiger partial charge in [-0.05, 0) is 24.3 Å². The standard InChI is InChI=1S/C12H8Cl2N2O/c13-8-4-3-6-9(11(8)14)16-12(17)10-5-1-2-7-15-10/h1-7H,(H,16,17). The van der Waals surface area contributed by atoms with Crippen LogP contribution in [-0.2, 0) is 0 Å². The molecule has 0 saturated carbocycles. The van der Waals surface area contributed by atoms with Crippen LogP contribution in [0.4, 0.5) is 5.69 Å². The van der Waals surface area contributed by atoms with E-state index in [0.717, 1.165) is 0 Å². The number of carbonyl (C=O) groups excluding carboxylic acids is 1. The minimum Gasteiger partial charge on any atom is -0.319 e. The van der Waals surface area contributed by atoms with Crippen LogP contribution < -0.4 is 5.32 Å². The maximum absolute atomic E-state index is 11.8. The highest BCUT2D eigenvalue weighted by molar-refractivity contribution is 6.44. The average Bonchev–Trinajstić information content (AvgIpc) is 2.36. The Morgan fingerprint density at radius 3 is 2.65 bits per heavy atom. The van der Waals surface area contributed by atoms with Crippen molar-refractivity contribution in [1.29, 1.82) is 0 Å². The van der Waals surface area contributed by atoms with Crippen molar-refractivity contribution in [3.63, 3.8) is 0 Å². The lowest BCUT2D eigenvalue weighted by atomic mass is 10.3. The lowest BCUT2D eigenvalue weighted by molar-refractivity contribution is 0.102. The van der Waals surface area contributed by atoms with Crippen LogP contribution in [0.3, 0.4) is 0 Å². The summed E-state index contributed by atoms with van der Waals surface area (Å²) in [6.45, 7) is 0. The molecule has 0 bridgehead atoms. The summed E-state index contributed by atoms with van der Waals surface area (Å²) in [7, 11) is 0. The first-order valence-corrected chi connectivity index (χ1v) is 5.60. The van der Waals surface area contributed by atoms with Crippen LogP contribution in [-0.4, -0.2) is 10.9 Å². The first kappa shape index (κ1) is 11.9. The zero-order valence-corrected chi connectivity index (χ0v) is 10.2. The summed E-state index contributed by atoms with van der Waals surface area (Å²) in [5.74, 6) is -0.324. The van der Waals surface area contributed by atoms with E-state index in [2.05, 4.69) is 10.3 Å². The number of hydrogen-bond donors (Lipinski definition) is 1. The molecule has 17 heavy (non-hydrogen) atoms. The fourth-order valence-electron chi connectivity index (χ4n) is 1.28. The van der Waals surface area contributed by atoms with Crippen molar-refractivity contribution in [3.05, 3.63) is 58.3 Å². The first-order chi connectivity index (χ1) is 8.18. The molecule has 1 aromatic heterocycles. The fraction of sp³-hybridized carbons (Fsp3) is 0. The first-order valence-electron chi connectivity index (χ1n) is 4.85. The molecular weight excluding hydrogens is 259 g/mol. The van der Waals surface area contributed by atoms with E-state index >= 15 is 0 Å². The Labute approximate surface area is 108 Å². The summed E-state index contributed by atoms with van der Waals surface area (Å²) < 4.78 is 0. The Morgan fingerprint density at radius 1 is 1.12 bits per heavy atom. The molecule has 0 atom stereocenters. The molecule has 1 amide bonds. The molecule has 86 valence electrons. The molecule has 0 radical (unpaired) electrons. The van der Waals surface area contributed by atoms with Gasteiger partial charge in [0.1, 0.15) is 5.69 Å². The molecule has 1 heterocycles. The molecule has 0 fully saturated rings. The highest BCUT2D eigenvalue weighted by Gasteiger charge is 2.10. The second-order valence-electron chi connectivity index (χ2n) is 3.27. The number of nitrogens with zero attached hydrogens (tertiary/aromatic N) is 1. The Morgan fingerprint density at radius 2 is 1.94 bits per heavy atom. The van der Waals surface area contributed by atoms with E-state index in [1.165, 1.54) is 0 Å². The predicted octanol–water partition coefficient (Wildman–Crippen LogP) is 3.64. The van der Waals surface area contributed by atoms with Gasteiger partial charge in [0.2, 0.25) is 0 Å². The molecular formula is C12H8Cl2N2O. The number of rotatable bonds is 2. The van der Waals surface area contributed by atoms with Crippen molar-refractivity contribution >= 4 is 34.8 Å². The van der Waals surface area contributed by atoms with Crippen molar-refractivity contribution in [1.82, 2.24) is 4.98 Å². The number of amides is 1. The number of pyridine rings is 1. The third-order valence-electron chi connectivity index (χ3n) is 2.10. The van der Waals surface area contributed by atoms with Crippen LogP contribution >= 0.6 is 23.2 Å². The molecule has 0 unspecified atom stereocenters. The largest absolute Gasteiger partial charge is 0.319 e. The molecule has 0 saturated heterocycles. The zero-order chi connectivity index (χ0) is 12.3. The molecule has 1 N–H and O–H groups in total. The monoisotopic (exact) mass is 266 g/mol. The maximum atomic E-state index is 11.8. The molecule has 0 aliphatic heterocycles. The highest BCUT2D eigenvalue weighted by Crippen LogP contribution is 2.29. The number of hydrogen-bond acceptors (Lipinski definition) is 2. The van der Waals surface area contributed by atoms with Crippen molar-refractivity contribution < 1.29 is 4.79 Å². The van der Waals surface area contributed by atoms with Crippen molar-refractivity contribution in [2.24, 2.45) is 0 Å². The van der Waals surface area contributed by atoms with E-state index in [4.69, 9.17) is 23.2 Å². The van der Waals surface area contributed by atoms with Crippen LogP contribution in [0.15, 0.2) is 42.6 Å². The van der Waals surface area contributed by atoms with E-state index in [0.29, 0.717) is 21.4 Å². The van der Waals surface area contributed by atoms with Crippen molar-refractivity contribution in [2.75, 3.05) is 5.32 Å². The van der Waals surface area contributed by atoms with Gasteiger partial charge in [0.25, 0.3) is 5.91 Å². The SMILES string of the molecule is O=C(Nc1cccc(Cl)c1Cl)c1ccccn1. The summed E-state index contributed by atoms with van der Waals surface area (Å²) in [5, 5.41) is 3.36. The summed E-state index contributed by atoms with van der Waals surface area (Å²) in [4.78, 5) is 15.7. The number of benzene rings is 1. The number of carbonyl (C=O) groups is 1. The minimum absolute atomic E-state index is 0.318. The van der Waals surface area contributed by atoms with Gasteiger partial charge in [0, 0.05) is 6.20 Å². The van der Waals surface area contributed by atoms with Crippen LogP contribution in [0, 0.1) is 0 Å². The lowest BCUT2D eigenvalue weighted by Gasteiger charge is -2.07. The molecule has 0 spiro atoms. The van der Waals surface area contributed by atoms with Gasteiger partial charge in [-0.1, -0.05) is 35.3 Å². The van der Waals surface area contributed by atoms with Crippen LogP contribution in [0.1, 0.15) is 10.5 Å². The topological polar surface area (TPSA) is 42.0 Å². The summed E-state index contributed by atoms with van der Waals surface area (Å²) >= 11 is 11.8. The van der Waals surface area contributed by atoms with Crippen molar-refractivity contribution in [3.8, 4) is 0 Å². The second kappa shape index (κ2) is 5.17. The van der Waals surface area contributed by atoms with Gasteiger partial charge in [-0.15, -0.1) is 0 Å². The maximum Gasteiger partial charge on any atom is 0.274 e. The van der Waals surface area contributed by atoms with Gasteiger partial charge in [0.05, 0.1) is 15.7 Å². The van der Waals surface area contributed by atoms with Gasteiger partial charge in [-0.2, -0.15) is 0 Å². The van der Waals surface area contributed by atoms with Gasteiger partial charge in [-0.25, -0.2) is 0 Å². The number of nitrogens with one attached hydrogen (secondary N) is 1.